The highest BCUT2D eigenvalue weighted by atomic mass is 32.1. The Bertz CT molecular complexity index is 1170. The van der Waals surface area contributed by atoms with Crippen LogP contribution in [0.5, 0.6) is 0 Å². The number of β-amino-alcohol motifs (C(OH)–C–C–N with tert-alkyl or cyclic N) is 1. The van der Waals surface area contributed by atoms with E-state index in [2.05, 4.69) is 20.1 Å². The maximum Gasteiger partial charge on any atom is 0.265 e. The second kappa shape index (κ2) is 7.95. The number of piperazine rings is 1. The van der Waals surface area contributed by atoms with E-state index in [0.29, 0.717) is 22.0 Å². The summed E-state index contributed by atoms with van der Waals surface area (Å²) in [5, 5.41) is 13.0. The molecule has 10 heteroatoms. The number of nitrogens with zero attached hydrogens (tertiary/aromatic N) is 4. The number of aryl methyl sites for hydroxylation is 1. The average Bonchev–Trinajstić information content (AvgIpc) is 3.40. The van der Waals surface area contributed by atoms with Crippen LogP contribution in [0.2, 0.25) is 0 Å². The number of aliphatic hydroxyl groups is 1. The van der Waals surface area contributed by atoms with Crippen molar-refractivity contribution >= 4 is 60.0 Å². The molecule has 3 aromatic heterocycles. The first-order valence-corrected chi connectivity index (χ1v) is 11.4. The van der Waals surface area contributed by atoms with Gasteiger partial charge in [0.1, 0.15) is 10.3 Å². The number of oxazole rings is 1. The zero-order valence-corrected chi connectivity index (χ0v) is 18.1. The first kappa shape index (κ1) is 19.4. The molecule has 1 aliphatic rings. The molecule has 0 atom stereocenters. The van der Waals surface area contributed by atoms with Crippen LogP contribution < -0.4 is 10.2 Å². The van der Waals surface area contributed by atoms with Gasteiger partial charge in [0.2, 0.25) is 0 Å². The highest BCUT2D eigenvalue weighted by Gasteiger charge is 2.21. The molecule has 4 aromatic rings. The number of hydrogen-bond donors (Lipinski definition) is 2. The summed E-state index contributed by atoms with van der Waals surface area (Å²) in [5.74, 6) is 0.451. The smallest absolute Gasteiger partial charge is 0.265 e. The van der Waals surface area contributed by atoms with E-state index in [0.717, 1.165) is 52.9 Å². The fourth-order valence-electron chi connectivity index (χ4n) is 3.59. The highest BCUT2D eigenvalue weighted by molar-refractivity contribution is 7.29. The minimum Gasteiger partial charge on any atom is -0.441 e. The lowest BCUT2D eigenvalue weighted by Crippen LogP contribution is -2.47. The second-order valence-electron chi connectivity index (χ2n) is 7.20. The molecule has 1 saturated heterocycles. The fourth-order valence-corrected chi connectivity index (χ4v) is 5.75. The lowest BCUT2D eigenvalue weighted by atomic mass is 10.3. The van der Waals surface area contributed by atoms with Crippen LogP contribution in [0.25, 0.3) is 20.6 Å². The van der Waals surface area contributed by atoms with E-state index in [1.807, 2.05) is 24.3 Å². The number of nitrogens with one attached hydrogen (secondary N) is 1. The molecule has 0 aliphatic carbocycles. The van der Waals surface area contributed by atoms with E-state index in [1.165, 1.54) is 11.3 Å². The Kier molecular flexibility index (Phi) is 5.15. The number of carbonyl (C=O) groups is 1. The molecule has 0 unspecified atom stereocenters. The number of aromatic nitrogens is 2. The molecule has 1 fully saturated rings. The van der Waals surface area contributed by atoms with Crippen LogP contribution in [-0.4, -0.2) is 65.2 Å². The second-order valence-corrected chi connectivity index (χ2v) is 9.24. The van der Waals surface area contributed by atoms with Gasteiger partial charge in [-0.25, -0.2) is 9.97 Å². The predicted octanol–water partition coefficient (Wildman–Crippen LogP) is 3.17. The molecule has 8 nitrogen and oxygen atoms in total. The monoisotopic (exact) mass is 443 g/mol. The first-order valence-electron chi connectivity index (χ1n) is 9.76. The summed E-state index contributed by atoms with van der Waals surface area (Å²) in [6, 6.07) is 7.35. The average molecular weight is 444 g/mol. The number of hydrogen-bond acceptors (Lipinski definition) is 9. The van der Waals surface area contributed by atoms with Crippen molar-refractivity contribution in [3.63, 3.8) is 0 Å². The Hall–Kier alpha value is -2.53. The number of benzene rings is 1. The Balaban J connectivity index is 1.28. The van der Waals surface area contributed by atoms with Gasteiger partial charge in [-0.1, -0.05) is 11.3 Å². The van der Waals surface area contributed by atoms with Crippen molar-refractivity contribution in [3.8, 4) is 0 Å². The maximum atomic E-state index is 12.7. The predicted molar refractivity (Wildman–Crippen MR) is 120 cm³/mol. The van der Waals surface area contributed by atoms with E-state index in [4.69, 9.17) is 14.5 Å². The lowest BCUT2D eigenvalue weighted by Gasteiger charge is -2.34. The van der Waals surface area contributed by atoms with Crippen LogP contribution >= 0.6 is 22.7 Å². The summed E-state index contributed by atoms with van der Waals surface area (Å²) in [7, 11) is 0. The molecular formula is C20H21N5O3S2. The van der Waals surface area contributed by atoms with Crippen LogP contribution in [0.3, 0.4) is 0 Å². The molecule has 1 aliphatic heterocycles. The molecule has 156 valence electrons. The number of thiophene rings is 1. The largest absolute Gasteiger partial charge is 0.441 e. The molecule has 2 N–H and O–H groups in total. The van der Waals surface area contributed by atoms with Gasteiger partial charge in [-0.2, -0.15) is 0 Å². The molecule has 5 rings (SSSR count). The third-order valence-electron chi connectivity index (χ3n) is 5.11. The number of rotatable bonds is 5. The summed E-state index contributed by atoms with van der Waals surface area (Å²) in [4.78, 5) is 27.8. The molecule has 0 spiro atoms. The van der Waals surface area contributed by atoms with Crippen molar-refractivity contribution in [2.24, 2.45) is 0 Å². The summed E-state index contributed by atoms with van der Waals surface area (Å²) < 4.78 is 6.50. The van der Waals surface area contributed by atoms with Gasteiger partial charge in [0.05, 0.1) is 16.2 Å². The van der Waals surface area contributed by atoms with Crippen LogP contribution in [0.1, 0.15) is 15.6 Å². The van der Waals surface area contributed by atoms with E-state index >= 15 is 0 Å². The van der Waals surface area contributed by atoms with E-state index in [9.17, 15) is 4.79 Å². The zero-order chi connectivity index (χ0) is 20.7. The number of fused-ring (bicyclic) bond motifs is 2. The van der Waals surface area contributed by atoms with Crippen molar-refractivity contribution < 1.29 is 14.3 Å². The third kappa shape index (κ3) is 3.79. The van der Waals surface area contributed by atoms with E-state index in [-0.39, 0.29) is 12.5 Å². The van der Waals surface area contributed by atoms with Crippen molar-refractivity contribution in [1.29, 1.82) is 0 Å². The third-order valence-corrected chi connectivity index (χ3v) is 7.33. The molecule has 4 heterocycles. The van der Waals surface area contributed by atoms with Crippen LogP contribution in [-0.2, 0) is 0 Å². The van der Waals surface area contributed by atoms with Crippen LogP contribution in [0, 0.1) is 6.92 Å². The van der Waals surface area contributed by atoms with Gasteiger partial charge in [0.25, 0.3) is 5.91 Å². The number of carbonyl (C=O) groups excluding carboxylic acids is 1. The Morgan fingerprint density at radius 3 is 2.80 bits per heavy atom. The zero-order valence-electron chi connectivity index (χ0n) is 16.4. The number of amides is 1. The lowest BCUT2D eigenvalue weighted by molar-refractivity contribution is 0.103. The van der Waals surface area contributed by atoms with Crippen molar-refractivity contribution in [3.05, 3.63) is 35.0 Å². The minimum atomic E-state index is -0.149. The van der Waals surface area contributed by atoms with Gasteiger partial charge in [-0.3, -0.25) is 9.69 Å². The van der Waals surface area contributed by atoms with Gasteiger partial charge in [0.15, 0.2) is 16.6 Å². The topological polar surface area (TPSA) is 94.7 Å². The molecule has 1 amide bonds. The van der Waals surface area contributed by atoms with Gasteiger partial charge in [-0.05, 0) is 24.3 Å². The van der Waals surface area contributed by atoms with Gasteiger partial charge in [0, 0.05) is 45.3 Å². The molecule has 0 bridgehead atoms. The number of aliphatic hydroxyl groups excluding tert-OH is 1. The molecule has 1 aromatic carbocycles. The van der Waals surface area contributed by atoms with Gasteiger partial charge in [-0.15, -0.1) is 11.3 Å². The van der Waals surface area contributed by atoms with Crippen molar-refractivity contribution in [2.75, 3.05) is 49.5 Å². The van der Waals surface area contributed by atoms with E-state index in [1.54, 1.807) is 18.3 Å². The SMILES string of the molecule is Cc1nc2cc(NC(=O)c3cc4sc(N5CCN(CCO)CC5)nc4s3)ccc2o1. The van der Waals surface area contributed by atoms with Crippen LogP contribution in [0.4, 0.5) is 10.8 Å². The Labute approximate surface area is 180 Å². The minimum absolute atomic E-state index is 0.149. The Morgan fingerprint density at radius 2 is 2.03 bits per heavy atom. The fraction of sp³-hybridized carbons (Fsp3) is 0.350. The molecule has 0 radical (unpaired) electrons. The summed E-state index contributed by atoms with van der Waals surface area (Å²) in [5.41, 5.74) is 2.12. The first-order chi connectivity index (χ1) is 14.6. The molecule has 30 heavy (non-hydrogen) atoms. The number of thiazole rings is 1. The van der Waals surface area contributed by atoms with Crippen molar-refractivity contribution in [2.45, 2.75) is 6.92 Å². The van der Waals surface area contributed by atoms with Crippen LogP contribution in [0.15, 0.2) is 28.7 Å². The molecule has 0 saturated carbocycles. The highest BCUT2D eigenvalue weighted by Crippen LogP contribution is 2.35. The normalized spacial score (nSPS) is 15.3. The van der Waals surface area contributed by atoms with E-state index < -0.39 is 0 Å². The summed E-state index contributed by atoms with van der Waals surface area (Å²) in [6.45, 7) is 6.38. The van der Waals surface area contributed by atoms with Crippen molar-refractivity contribution in [1.82, 2.24) is 14.9 Å². The quantitative estimate of drug-likeness (QED) is 0.489. The summed E-state index contributed by atoms with van der Waals surface area (Å²) in [6.07, 6.45) is 0. The van der Waals surface area contributed by atoms with Gasteiger partial charge >= 0.3 is 0 Å². The van der Waals surface area contributed by atoms with Gasteiger partial charge < -0.3 is 19.7 Å². The Morgan fingerprint density at radius 1 is 1.20 bits per heavy atom. The molecular weight excluding hydrogens is 422 g/mol. The number of anilines is 2. The summed E-state index contributed by atoms with van der Waals surface area (Å²) >= 11 is 3.03. The maximum absolute atomic E-state index is 12.7. The standard InChI is InChI=1S/C20H21N5O3S2/c1-12-21-14-10-13(2-3-15(14)28-12)22-18(27)16-11-17-19(29-16)23-20(30-17)25-6-4-24(5-7-25)8-9-26/h2-3,10-11,26H,4-9H2,1H3,(H,22,27).